The Balaban J connectivity index is 1.87. The summed E-state index contributed by atoms with van der Waals surface area (Å²) in [6, 6.07) is 14.7. The summed E-state index contributed by atoms with van der Waals surface area (Å²) in [7, 11) is 0. The highest BCUT2D eigenvalue weighted by Gasteiger charge is 2.23. The number of rotatable bonds is 3. The molecular formula is C18H20O. The Morgan fingerprint density at radius 2 is 1.47 bits per heavy atom. The van der Waals surface area contributed by atoms with Crippen molar-refractivity contribution < 1.29 is 5.11 Å². The minimum atomic E-state index is -0.521. The van der Waals surface area contributed by atoms with E-state index in [1.165, 1.54) is 29.5 Å². The third kappa shape index (κ3) is 2.71. The van der Waals surface area contributed by atoms with Crippen LogP contribution >= 0.6 is 0 Å². The summed E-state index contributed by atoms with van der Waals surface area (Å²) in [4.78, 5) is 0. The minimum absolute atomic E-state index is 0.521. The molecular weight excluding hydrogens is 232 g/mol. The predicted octanol–water partition coefficient (Wildman–Crippen LogP) is 4.26. The van der Waals surface area contributed by atoms with Crippen molar-refractivity contribution in [1.29, 1.82) is 0 Å². The van der Waals surface area contributed by atoms with Crippen molar-refractivity contribution in [2.75, 3.05) is 0 Å². The molecule has 0 aliphatic heterocycles. The fourth-order valence-electron chi connectivity index (χ4n) is 2.73. The molecule has 0 radical (unpaired) electrons. The largest absolute Gasteiger partial charge is 0.384 e. The van der Waals surface area contributed by atoms with Crippen LogP contribution in [0.5, 0.6) is 0 Å². The normalized spacial score (nSPS) is 16.4. The van der Waals surface area contributed by atoms with Crippen molar-refractivity contribution >= 4 is 0 Å². The van der Waals surface area contributed by atoms with Gasteiger partial charge in [0.15, 0.2) is 0 Å². The van der Waals surface area contributed by atoms with E-state index in [1.54, 1.807) is 0 Å². The standard InChI is InChI=1S/C18H20O/c1-12-9-13(2)11-17(10-12)18(19)16-7-5-15(6-8-16)14-3-4-14/h5-11,14,18-19H,3-4H2,1-2H3. The van der Waals surface area contributed by atoms with Gasteiger partial charge in [-0.05, 0) is 49.3 Å². The van der Waals surface area contributed by atoms with E-state index in [1.807, 2.05) is 0 Å². The first-order chi connectivity index (χ1) is 9.13. The molecule has 1 nitrogen and oxygen atoms in total. The Bertz CT molecular complexity index is 559. The lowest BCUT2D eigenvalue weighted by atomic mass is 9.97. The first kappa shape index (κ1) is 12.4. The van der Waals surface area contributed by atoms with Crippen LogP contribution in [0.1, 0.15) is 52.7 Å². The van der Waals surface area contributed by atoms with Crippen LogP contribution in [0, 0.1) is 13.8 Å². The van der Waals surface area contributed by atoms with Crippen molar-refractivity contribution in [3.05, 3.63) is 70.3 Å². The Hall–Kier alpha value is -1.60. The molecule has 1 N–H and O–H groups in total. The molecule has 0 saturated heterocycles. The highest BCUT2D eigenvalue weighted by atomic mass is 16.3. The molecule has 19 heavy (non-hydrogen) atoms. The average Bonchev–Trinajstić information content (AvgIpc) is 3.21. The maximum Gasteiger partial charge on any atom is 0.104 e. The first-order valence-electron chi connectivity index (χ1n) is 6.99. The van der Waals surface area contributed by atoms with Gasteiger partial charge < -0.3 is 5.11 Å². The summed E-state index contributed by atoms with van der Waals surface area (Å²) < 4.78 is 0. The van der Waals surface area contributed by atoms with Crippen LogP contribution in [-0.2, 0) is 0 Å². The zero-order chi connectivity index (χ0) is 13.4. The molecule has 98 valence electrons. The SMILES string of the molecule is Cc1cc(C)cc(C(O)c2ccc(C3CC3)cc2)c1. The lowest BCUT2D eigenvalue weighted by Gasteiger charge is -2.14. The van der Waals surface area contributed by atoms with Crippen molar-refractivity contribution in [2.24, 2.45) is 0 Å². The van der Waals surface area contributed by atoms with Crippen molar-refractivity contribution in [1.82, 2.24) is 0 Å². The van der Waals surface area contributed by atoms with Gasteiger partial charge in [0, 0.05) is 0 Å². The third-order valence-corrected chi connectivity index (χ3v) is 3.86. The molecule has 0 bridgehead atoms. The molecule has 1 heteroatoms. The van der Waals surface area contributed by atoms with Crippen LogP contribution in [0.15, 0.2) is 42.5 Å². The smallest absolute Gasteiger partial charge is 0.104 e. The fourth-order valence-corrected chi connectivity index (χ4v) is 2.73. The second-order valence-corrected chi connectivity index (χ2v) is 5.76. The van der Waals surface area contributed by atoms with E-state index in [2.05, 4.69) is 56.3 Å². The van der Waals surface area contributed by atoms with Gasteiger partial charge in [0.05, 0.1) is 0 Å². The Morgan fingerprint density at radius 3 is 2.00 bits per heavy atom. The van der Waals surface area contributed by atoms with Crippen molar-refractivity contribution in [2.45, 2.75) is 38.7 Å². The van der Waals surface area contributed by atoms with E-state index in [0.717, 1.165) is 17.0 Å². The maximum absolute atomic E-state index is 10.5. The minimum Gasteiger partial charge on any atom is -0.384 e. The molecule has 0 spiro atoms. The predicted molar refractivity (Wildman–Crippen MR) is 78.4 cm³/mol. The highest BCUT2D eigenvalue weighted by molar-refractivity contribution is 5.37. The van der Waals surface area contributed by atoms with E-state index in [9.17, 15) is 5.11 Å². The summed E-state index contributed by atoms with van der Waals surface area (Å²) >= 11 is 0. The molecule has 2 aromatic rings. The Morgan fingerprint density at radius 1 is 0.895 bits per heavy atom. The van der Waals surface area contributed by atoms with Crippen LogP contribution in [0.3, 0.4) is 0 Å². The van der Waals surface area contributed by atoms with Crippen LogP contribution in [0.25, 0.3) is 0 Å². The second kappa shape index (κ2) is 4.82. The molecule has 1 aliphatic rings. The molecule has 1 unspecified atom stereocenters. The average molecular weight is 252 g/mol. The van der Waals surface area contributed by atoms with E-state index in [-0.39, 0.29) is 0 Å². The van der Waals surface area contributed by atoms with E-state index in [0.29, 0.717) is 0 Å². The molecule has 1 atom stereocenters. The molecule has 0 aromatic heterocycles. The van der Waals surface area contributed by atoms with E-state index < -0.39 is 6.10 Å². The zero-order valence-corrected chi connectivity index (χ0v) is 11.6. The summed E-state index contributed by atoms with van der Waals surface area (Å²) in [5.74, 6) is 0.771. The van der Waals surface area contributed by atoms with Crippen LogP contribution in [0.4, 0.5) is 0 Å². The number of aryl methyl sites for hydroxylation is 2. The number of benzene rings is 2. The summed E-state index contributed by atoms with van der Waals surface area (Å²) in [6.07, 6.45) is 2.12. The highest BCUT2D eigenvalue weighted by Crippen LogP contribution is 2.40. The van der Waals surface area contributed by atoms with Gasteiger partial charge in [0.1, 0.15) is 6.10 Å². The second-order valence-electron chi connectivity index (χ2n) is 5.76. The van der Waals surface area contributed by atoms with Crippen LogP contribution in [-0.4, -0.2) is 5.11 Å². The molecule has 1 aliphatic carbocycles. The van der Waals surface area contributed by atoms with Crippen LogP contribution in [0.2, 0.25) is 0 Å². The summed E-state index contributed by atoms with van der Waals surface area (Å²) in [5, 5.41) is 10.5. The third-order valence-electron chi connectivity index (χ3n) is 3.86. The summed E-state index contributed by atoms with van der Waals surface area (Å²) in [5.41, 5.74) is 5.77. The van der Waals surface area contributed by atoms with Gasteiger partial charge in [0.25, 0.3) is 0 Å². The summed E-state index contributed by atoms with van der Waals surface area (Å²) in [6.45, 7) is 4.14. The zero-order valence-electron chi connectivity index (χ0n) is 11.6. The van der Waals surface area contributed by atoms with Gasteiger partial charge in [-0.2, -0.15) is 0 Å². The number of hydrogen-bond acceptors (Lipinski definition) is 1. The van der Waals surface area contributed by atoms with Gasteiger partial charge in [-0.3, -0.25) is 0 Å². The Labute approximate surface area is 114 Å². The molecule has 2 aromatic carbocycles. The number of aliphatic hydroxyl groups is 1. The van der Waals surface area contributed by atoms with Crippen molar-refractivity contribution in [3.8, 4) is 0 Å². The van der Waals surface area contributed by atoms with Crippen molar-refractivity contribution in [3.63, 3.8) is 0 Å². The van der Waals surface area contributed by atoms with Gasteiger partial charge in [0.2, 0.25) is 0 Å². The van der Waals surface area contributed by atoms with E-state index >= 15 is 0 Å². The molecule has 1 fully saturated rings. The molecule has 1 saturated carbocycles. The van der Waals surface area contributed by atoms with Gasteiger partial charge >= 0.3 is 0 Å². The molecule has 3 rings (SSSR count). The molecule has 0 heterocycles. The van der Waals surface area contributed by atoms with E-state index in [4.69, 9.17) is 0 Å². The lowest BCUT2D eigenvalue weighted by molar-refractivity contribution is 0.220. The topological polar surface area (TPSA) is 20.2 Å². The molecule has 0 amide bonds. The van der Waals surface area contributed by atoms with Gasteiger partial charge in [-0.15, -0.1) is 0 Å². The quantitative estimate of drug-likeness (QED) is 0.865. The van der Waals surface area contributed by atoms with Gasteiger partial charge in [-0.1, -0.05) is 53.6 Å². The Kier molecular flexibility index (Phi) is 3.16. The number of aliphatic hydroxyl groups excluding tert-OH is 1. The van der Waals surface area contributed by atoms with Gasteiger partial charge in [-0.25, -0.2) is 0 Å². The maximum atomic E-state index is 10.5. The lowest BCUT2D eigenvalue weighted by Crippen LogP contribution is -2.00. The number of hydrogen-bond donors (Lipinski definition) is 1. The monoisotopic (exact) mass is 252 g/mol. The first-order valence-corrected chi connectivity index (χ1v) is 6.99. The fraction of sp³-hybridized carbons (Fsp3) is 0.333. The van der Waals surface area contributed by atoms with Crippen LogP contribution < -0.4 is 0 Å².